The Bertz CT molecular complexity index is 467. The third-order valence-electron chi connectivity index (χ3n) is 3.92. The van der Waals surface area contributed by atoms with Gasteiger partial charge in [0.1, 0.15) is 0 Å². The molecule has 0 bridgehead atoms. The van der Waals surface area contributed by atoms with Crippen LogP contribution in [0.25, 0.3) is 0 Å². The Labute approximate surface area is 123 Å². The van der Waals surface area contributed by atoms with Gasteiger partial charge in [-0.05, 0) is 51.3 Å². The van der Waals surface area contributed by atoms with Crippen LogP contribution in [0.1, 0.15) is 50.8 Å². The van der Waals surface area contributed by atoms with Gasteiger partial charge in [-0.25, -0.2) is 0 Å². The Kier molecular flexibility index (Phi) is 4.63. The Morgan fingerprint density at radius 1 is 1.24 bits per heavy atom. The number of ether oxygens (including phenoxy) is 1. The first-order chi connectivity index (χ1) is 9.67. The summed E-state index contributed by atoms with van der Waals surface area (Å²) in [5, 5.41) is 3.49. The second-order valence-corrected chi connectivity index (χ2v) is 6.31. The number of rotatable bonds is 3. The predicted octanol–water partition coefficient (Wildman–Crippen LogP) is 4.31. The minimum absolute atomic E-state index is 0.0196. The largest absolute Gasteiger partial charge is 0.416 e. The molecule has 0 radical (unpaired) electrons. The van der Waals surface area contributed by atoms with Crippen LogP contribution in [-0.2, 0) is 10.9 Å². The molecule has 2 unspecified atom stereocenters. The maximum Gasteiger partial charge on any atom is 0.416 e. The molecule has 1 heterocycles. The van der Waals surface area contributed by atoms with E-state index in [0.717, 1.165) is 30.5 Å². The molecule has 2 nitrogen and oxygen atoms in total. The summed E-state index contributed by atoms with van der Waals surface area (Å²) in [6.07, 6.45) is -2.45. The fraction of sp³-hybridized carbons (Fsp3) is 0.625. The van der Waals surface area contributed by atoms with Gasteiger partial charge < -0.3 is 10.1 Å². The van der Waals surface area contributed by atoms with Crippen LogP contribution in [0.3, 0.4) is 0 Å². The lowest BCUT2D eigenvalue weighted by Gasteiger charge is -2.37. The van der Waals surface area contributed by atoms with Crippen molar-refractivity contribution in [2.24, 2.45) is 0 Å². The van der Waals surface area contributed by atoms with Gasteiger partial charge in [0.15, 0.2) is 0 Å². The average molecular weight is 301 g/mol. The Hall–Kier alpha value is -1.07. The highest BCUT2D eigenvalue weighted by Gasteiger charge is 2.31. The normalized spacial score (nSPS) is 23.8. The molecule has 0 spiro atoms. The molecular formula is C16H22F3NO. The van der Waals surface area contributed by atoms with Crippen molar-refractivity contribution in [2.45, 2.75) is 57.5 Å². The third-order valence-corrected chi connectivity index (χ3v) is 3.92. The van der Waals surface area contributed by atoms with Crippen LogP contribution < -0.4 is 5.32 Å². The molecule has 1 aromatic rings. The number of nitrogens with one attached hydrogen (secondary N) is 1. The first-order valence-electron chi connectivity index (χ1n) is 7.24. The van der Waals surface area contributed by atoms with E-state index in [1.165, 1.54) is 0 Å². The van der Waals surface area contributed by atoms with E-state index in [4.69, 9.17) is 4.74 Å². The second kappa shape index (κ2) is 5.97. The summed E-state index contributed by atoms with van der Waals surface area (Å²) in [5.74, 6) is 0. The quantitative estimate of drug-likeness (QED) is 0.898. The van der Waals surface area contributed by atoms with Gasteiger partial charge in [0.25, 0.3) is 0 Å². The highest BCUT2D eigenvalue weighted by atomic mass is 19.4. The molecule has 1 fully saturated rings. The van der Waals surface area contributed by atoms with Gasteiger partial charge in [-0.3, -0.25) is 0 Å². The van der Waals surface area contributed by atoms with Crippen molar-refractivity contribution in [3.05, 3.63) is 35.4 Å². The fourth-order valence-corrected chi connectivity index (χ4v) is 2.78. The van der Waals surface area contributed by atoms with Crippen molar-refractivity contribution >= 4 is 0 Å². The van der Waals surface area contributed by atoms with Crippen molar-refractivity contribution in [3.63, 3.8) is 0 Å². The Balaban J connectivity index is 1.98. The van der Waals surface area contributed by atoms with Crippen LogP contribution >= 0.6 is 0 Å². The van der Waals surface area contributed by atoms with E-state index in [0.29, 0.717) is 12.6 Å². The number of hydrogen-bond acceptors (Lipinski definition) is 2. The summed E-state index contributed by atoms with van der Waals surface area (Å²) < 4.78 is 43.3. The zero-order valence-corrected chi connectivity index (χ0v) is 12.6. The van der Waals surface area contributed by atoms with E-state index < -0.39 is 11.7 Å². The lowest BCUT2D eigenvalue weighted by atomic mass is 9.93. The molecule has 0 aliphatic carbocycles. The molecule has 1 aromatic carbocycles. The summed E-state index contributed by atoms with van der Waals surface area (Å²) in [5.41, 5.74) is 0.119. The van der Waals surface area contributed by atoms with Crippen molar-refractivity contribution in [3.8, 4) is 0 Å². The molecular weight excluding hydrogens is 279 g/mol. The summed E-state index contributed by atoms with van der Waals surface area (Å²) in [7, 11) is 0. The van der Waals surface area contributed by atoms with E-state index in [2.05, 4.69) is 19.2 Å². The minimum Gasteiger partial charge on any atom is -0.375 e. The van der Waals surface area contributed by atoms with Crippen LogP contribution in [0.4, 0.5) is 13.2 Å². The van der Waals surface area contributed by atoms with Gasteiger partial charge in [0.05, 0.1) is 11.2 Å². The lowest BCUT2D eigenvalue weighted by molar-refractivity contribution is -0.137. The molecule has 2 atom stereocenters. The van der Waals surface area contributed by atoms with Gasteiger partial charge >= 0.3 is 6.18 Å². The van der Waals surface area contributed by atoms with Gasteiger partial charge in [-0.1, -0.05) is 12.1 Å². The first kappa shape index (κ1) is 16.3. The summed E-state index contributed by atoms with van der Waals surface area (Å²) >= 11 is 0. The van der Waals surface area contributed by atoms with Crippen LogP contribution in [0.15, 0.2) is 24.3 Å². The van der Waals surface area contributed by atoms with Gasteiger partial charge in [0.2, 0.25) is 0 Å². The molecule has 2 rings (SSSR count). The van der Waals surface area contributed by atoms with Crippen molar-refractivity contribution < 1.29 is 17.9 Å². The van der Waals surface area contributed by atoms with Crippen LogP contribution in [0.2, 0.25) is 0 Å². The van der Waals surface area contributed by atoms with Crippen molar-refractivity contribution in [1.29, 1.82) is 0 Å². The molecule has 5 heteroatoms. The molecule has 1 N–H and O–H groups in total. The van der Waals surface area contributed by atoms with Crippen LogP contribution in [0, 0.1) is 0 Å². The van der Waals surface area contributed by atoms with E-state index >= 15 is 0 Å². The number of alkyl halides is 3. The zero-order chi connectivity index (χ0) is 15.7. The fourth-order valence-electron chi connectivity index (χ4n) is 2.78. The minimum atomic E-state index is -4.28. The zero-order valence-electron chi connectivity index (χ0n) is 12.6. The maximum absolute atomic E-state index is 12.5. The van der Waals surface area contributed by atoms with Crippen LogP contribution in [-0.4, -0.2) is 18.2 Å². The summed E-state index contributed by atoms with van der Waals surface area (Å²) in [6.45, 7) is 6.81. The maximum atomic E-state index is 12.5. The highest BCUT2D eigenvalue weighted by Crippen LogP contribution is 2.30. The van der Waals surface area contributed by atoms with E-state index in [1.54, 1.807) is 12.1 Å². The Morgan fingerprint density at radius 2 is 1.86 bits per heavy atom. The molecule has 118 valence electrons. The number of benzene rings is 1. The summed E-state index contributed by atoms with van der Waals surface area (Å²) in [6, 6.07) is 5.72. The molecule has 1 saturated heterocycles. The molecule has 0 aromatic heterocycles. The van der Waals surface area contributed by atoms with Gasteiger partial charge in [-0.15, -0.1) is 0 Å². The van der Waals surface area contributed by atoms with Gasteiger partial charge in [-0.2, -0.15) is 13.2 Å². The molecule has 0 amide bonds. The Morgan fingerprint density at radius 3 is 2.38 bits per heavy atom. The average Bonchev–Trinajstić information content (AvgIpc) is 2.36. The SMILES string of the molecule is CC(NC1CCOC(C)(C)C1)c1ccc(C(F)(F)F)cc1. The van der Waals surface area contributed by atoms with E-state index in [-0.39, 0.29) is 11.6 Å². The van der Waals surface area contributed by atoms with Crippen LogP contribution in [0.5, 0.6) is 0 Å². The molecule has 21 heavy (non-hydrogen) atoms. The predicted molar refractivity (Wildman–Crippen MR) is 76.0 cm³/mol. The second-order valence-electron chi connectivity index (χ2n) is 6.31. The number of hydrogen-bond donors (Lipinski definition) is 1. The smallest absolute Gasteiger partial charge is 0.375 e. The molecule has 1 aliphatic rings. The lowest BCUT2D eigenvalue weighted by Crippen LogP contribution is -2.44. The first-order valence-corrected chi connectivity index (χ1v) is 7.24. The van der Waals surface area contributed by atoms with Crippen molar-refractivity contribution in [2.75, 3.05) is 6.61 Å². The molecule has 1 aliphatic heterocycles. The number of halogens is 3. The van der Waals surface area contributed by atoms with E-state index in [9.17, 15) is 13.2 Å². The highest BCUT2D eigenvalue weighted by molar-refractivity contribution is 5.26. The standard InChI is InChI=1S/C16H22F3NO/c1-11(20-14-8-9-21-15(2,3)10-14)12-4-6-13(7-5-12)16(17,18)19/h4-7,11,14,20H,8-10H2,1-3H3. The monoisotopic (exact) mass is 301 g/mol. The van der Waals surface area contributed by atoms with E-state index in [1.807, 2.05) is 6.92 Å². The summed E-state index contributed by atoms with van der Waals surface area (Å²) in [4.78, 5) is 0. The topological polar surface area (TPSA) is 21.3 Å². The molecule has 0 saturated carbocycles. The van der Waals surface area contributed by atoms with Crippen molar-refractivity contribution in [1.82, 2.24) is 5.32 Å². The van der Waals surface area contributed by atoms with Gasteiger partial charge in [0, 0.05) is 18.7 Å². The third kappa shape index (κ3) is 4.45.